The summed E-state index contributed by atoms with van der Waals surface area (Å²) < 4.78 is 66.0. The number of nitrogens with one attached hydrogen (secondary N) is 1. The molecule has 19 heavy (non-hydrogen) atoms. The van der Waals surface area contributed by atoms with E-state index in [9.17, 15) is 26.7 Å². The van der Waals surface area contributed by atoms with Crippen LogP contribution >= 0.6 is 0 Å². The van der Waals surface area contributed by atoms with E-state index in [0.29, 0.717) is 0 Å². The van der Waals surface area contributed by atoms with Gasteiger partial charge in [0.1, 0.15) is 0 Å². The molecule has 0 aliphatic rings. The van der Waals surface area contributed by atoms with Gasteiger partial charge in [0.05, 0.1) is 5.56 Å². The van der Waals surface area contributed by atoms with Gasteiger partial charge in [-0.3, -0.25) is 4.79 Å². The summed E-state index contributed by atoms with van der Waals surface area (Å²) >= 11 is 0. The summed E-state index contributed by atoms with van der Waals surface area (Å²) in [6.45, 7) is 1.34. The molecule has 0 aliphatic carbocycles. The highest BCUT2D eigenvalue weighted by molar-refractivity contribution is 5.65. The normalized spacial score (nSPS) is 10.8. The van der Waals surface area contributed by atoms with Crippen LogP contribution in [0, 0.1) is 36.0 Å². The number of aryl methyl sites for hydroxylation is 1. The predicted molar refractivity (Wildman–Crippen MR) is 57.0 cm³/mol. The number of aromatic amines is 1. The Bertz CT molecular complexity index is 694. The van der Waals surface area contributed by atoms with Crippen LogP contribution in [0.25, 0.3) is 11.1 Å². The van der Waals surface area contributed by atoms with Crippen LogP contribution in [-0.2, 0) is 0 Å². The minimum Gasteiger partial charge on any atom is -0.328 e. The van der Waals surface area contributed by atoms with Gasteiger partial charge in [-0.05, 0) is 13.0 Å². The Kier molecular flexibility index (Phi) is 3.13. The fourth-order valence-electron chi connectivity index (χ4n) is 1.60. The van der Waals surface area contributed by atoms with Crippen LogP contribution in [0.5, 0.6) is 0 Å². The molecular weight excluding hydrogens is 269 g/mol. The van der Waals surface area contributed by atoms with E-state index in [4.69, 9.17) is 0 Å². The Morgan fingerprint density at radius 1 is 0.895 bits per heavy atom. The van der Waals surface area contributed by atoms with Crippen molar-refractivity contribution in [1.29, 1.82) is 0 Å². The van der Waals surface area contributed by atoms with E-state index in [2.05, 4.69) is 4.98 Å². The zero-order valence-corrected chi connectivity index (χ0v) is 9.45. The number of pyridine rings is 1. The molecule has 0 saturated heterocycles. The molecule has 1 heterocycles. The number of hydrogen-bond donors (Lipinski definition) is 1. The molecule has 7 heteroatoms. The van der Waals surface area contributed by atoms with Crippen molar-refractivity contribution < 1.29 is 22.0 Å². The summed E-state index contributed by atoms with van der Waals surface area (Å²) in [4.78, 5) is 13.3. The molecule has 0 spiro atoms. The Morgan fingerprint density at radius 3 is 1.84 bits per heavy atom. The van der Waals surface area contributed by atoms with Gasteiger partial charge in [0.2, 0.25) is 5.82 Å². The maximum Gasteiger partial charge on any atom is 0.250 e. The number of rotatable bonds is 1. The second-order valence-electron chi connectivity index (χ2n) is 3.85. The Morgan fingerprint density at radius 2 is 1.37 bits per heavy atom. The minimum atomic E-state index is -2.22. The molecule has 0 fully saturated rings. The maximum absolute atomic E-state index is 13.5. The monoisotopic (exact) mass is 275 g/mol. The van der Waals surface area contributed by atoms with Gasteiger partial charge in [-0.15, -0.1) is 0 Å². The van der Waals surface area contributed by atoms with Gasteiger partial charge in [-0.1, -0.05) is 0 Å². The molecule has 0 aliphatic heterocycles. The lowest BCUT2D eigenvalue weighted by molar-refractivity contribution is 0.381. The molecule has 100 valence electrons. The predicted octanol–water partition coefficient (Wildman–Crippen LogP) is 3.05. The zero-order valence-electron chi connectivity index (χ0n) is 9.45. The number of hydrogen-bond acceptors (Lipinski definition) is 1. The molecule has 2 rings (SSSR count). The summed E-state index contributed by atoms with van der Waals surface area (Å²) in [5.41, 5.74) is -1.81. The van der Waals surface area contributed by atoms with Gasteiger partial charge in [0, 0.05) is 17.3 Å². The molecule has 2 aromatic rings. The van der Waals surface area contributed by atoms with Gasteiger partial charge in [0.25, 0.3) is 5.56 Å². The third kappa shape index (κ3) is 2.00. The lowest BCUT2D eigenvalue weighted by Gasteiger charge is -2.08. The average Bonchev–Trinajstić information content (AvgIpc) is 2.38. The van der Waals surface area contributed by atoms with E-state index in [1.807, 2.05) is 0 Å². The smallest absolute Gasteiger partial charge is 0.250 e. The first-order valence-corrected chi connectivity index (χ1v) is 5.05. The van der Waals surface area contributed by atoms with E-state index < -0.39 is 40.2 Å². The summed E-state index contributed by atoms with van der Waals surface area (Å²) in [5.74, 6) is -10.2. The lowest BCUT2D eigenvalue weighted by Crippen LogP contribution is -2.10. The summed E-state index contributed by atoms with van der Waals surface area (Å²) in [5, 5.41) is 0. The van der Waals surface area contributed by atoms with Gasteiger partial charge in [0.15, 0.2) is 23.3 Å². The van der Waals surface area contributed by atoms with Crippen molar-refractivity contribution in [2.75, 3.05) is 0 Å². The second-order valence-corrected chi connectivity index (χ2v) is 3.85. The fourth-order valence-corrected chi connectivity index (χ4v) is 1.60. The van der Waals surface area contributed by atoms with Crippen molar-refractivity contribution in [2.45, 2.75) is 6.92 Å². The van der Waals surface area contributed by atoms with Crippen LogP contribution in [0.15, 0.2) is 17.1 Å². The Balaban J connectivity index is 2.82. The first kappa shape index (κ1) is 13.3. The van der Waals surface area contributed by atoms with Gasteiger partial charge in [-0.25, -0.2) is 22.0 Å². The molecule has 0 bridgehead atoms. The lowest BCUT2D eigenvalue weighted by atomic mass is 10.0. The number of H-pyrrole nitrogens is 1. The zero-order chi connectivity index (χ0) is 14.3. The van der Waals surface area contributed by atoms with Crippen LogP contribution < -0.4 is 5.56 Å². The summed E-state index contributed by atoms with van der Waals surface area (Å²) in [7, 11) is 0. The van der Waals surface area contributed by atoms with Gasteiger partial charge < -0.3 is 4.98 Å². The van der Waals surface area contributed by atoms with E-state index >= 15 is 0 Å². The highest BCUT2D eigenvalue weighted by atomic mass is 19.2. The SMILES string of the molecule is Cc1cc(-c2c(F)c(F)c(F)c(F)c2F)c[nH]c1=O. The summed E-state index contributed by atoms with van der Waals surface area (Å²) in [6, 6.07) is 1.04. The molecule has 0 atom stereocenters. The summed E-state index contributed by atoms with van der Waals surface area (Å²) in [6.07, 6.45) is 0.883. The fraction of sp³-hybridized carbons (Fsp3) is 0.0833. The standard InChI is InChI=1S/C12H6F5NO/c1-4-2-5(3-18-12(4)19)6-7(13)9(15)11(17)10(16)8(6)14/h2-3H,1H3,(H,18,19). The van der Waals surface area contributed by atoms with Crippen molar-refractivity contribution in [2.24, 2.45) is 0 Å². The first-order chi connectivity index (χ1) is 8.84. The van der Waals surface area contributed by atoms with Crippen molar-refractivity contribution in [3.63, 3.8) is 0 Å². The molecule has 0 unspecified atom stereocenters. The Hall–Kier alpha value is -2.18. The van der Waals surface area contributed by atoms with Crippen molar-refractivity contribution >= 4 is 0 Å². The topological polar surface area (TPSA) is 32.9 Å². The number of benzene rings is 1. The molecule has 0 saturated carbocycles. The molecule has 1 aromatic heterocycles. The van der Waals surface area contributed by atoms with E-state index in [1.54, 1.807) is 0 Å². The third-order valence-electron chi connectivity index (χ3n) is 2.59. The van der Waals surface area contributed by atoms with Crippen LogP contribution in [0.2, 0.25) is 0 Å². The molecule has 0 radical (unpaired) electrons. The molecular formula is C12H6F5NO. The highest BCUT2D eigenvalue weighted by Gasteiger charge is 2.26. The third-order valence-corrected chi connectivity index (χ3v) is 2.59. The van der Waals surface area contributed by atoms with E-state index in [1.165, 1.54) is 6.92 Å². The number of halogens is 5. The average molecular weight is 275 g/mol. The second kappa shape index (κ2) is 4.49. The van der Waals surface area contributed by atoms with Crippen molar-refractivity contribution in [3.8, 4) is 11.1 Å². The Labute approximate surface area is 103 Å². The molecule has 2 nitrogen and oxygen atoms in total. The van der Waals surface area contributed by atoms with Crippen LogP contribution in [0.1, 0.15) is 5.56 Å². The van der Waals surface area contributed by atoms with E-state index in [0.717, 1.165) is 12.3 Å². The quantitative estimate of drug-likeness (QED) is 0.484. The minimum absolute atomic E-state index is 0.0847. The molecule has 1 N–H and O–H groups in total. The van der Waals surface area contributed by atoms with Gasteiger partial charge >= 0.3 is 0 Å². The van der Waals surface area contributed by atoms with Gasteiger partial charge in [-0.2, -0.15) is 0 Å². The molecule has 0 amide bonds. The van der Waals surface area contributed by atoms with Crippen molar-refractivity contribution in [1.82, 2.24) is 4.98 Å². The van der Waals surface area contributed by atoms with Crippen molar-refractivity contribution in [3.05, 3.63) is 57.3 Å². The first-order valence-electron chi connectivity index (χ1n) is 5.05. The molecule has 1 aromatic carbocycles. The highest BCUT2D eigenvalue weighted by Crippen LogP contribution is 2.30. The number of aromatic nitrogens is 1. The van der Waals surface area contributed by atoms with Crippen LogP contribution in [0.4, 0.5) is 22.0 Å². The van der Waals surface area contributed by atoms with Crippen LogP contribution in [0.3, 0.4) is 0 Å². The largest absolute Gasteiger partial charge is 0.328 e. The van der Waals surface area contributed by atoms with Crippen LogP contribution in [-0.4, -0.2) is 4.98 Å². The maximum atomic E-state index is 13.5. The van der Waals surface area contributed by atoms with E-state index in [-0.39, 0.29) is 11.1 Å².